The molecule has 1 fully saturated rings. The number of hydrogen-bond acceptors (Lipinski definition) is 10. The number of ether oxygens (including phenoxy) is 1. The van der Waals surface area contributed by atoms with E-state index in [1.807, 2.05) is 22.9 Å². The average molecular weight is 479 g/mol. The van der Waals surface area contributed by atoms with E-state index in [2.05, 4.69) is 16.9 Å². The molecule has 1 unspecified atom stereocenters. The van der Waals surface area contributed by atoms with Crippen molar-refractivity contribution in [2.45, 2.75) is 32.0 Å². The number of piperidine rings is 1. The first-order valence-corrected chi connectivity index (χ1v) is 11.1. The number of anilines is 1. The van der Waals surface area contributed by atoms with Gasteiger partial charge in [0.15, 0.2) is 5.65 Å². The van der Waals surface area contributed by atoms with Crippen LogP contribution in [0.5, 0.6) is 5.75 Å². The first-order chi connectivity index (χ1) is 16.8. The molecule has 3 heterocycles. The Morgan fingerprint density at radius 3 is 2.80 bits per heavy atom. The van der Waals surface area contributed by atoms with Crippen LogP contribution in [0.3, 0.4) is 0 Å². The van der Waals surface area contributed by atoms with E-state index in [9.17, 15) is 20.0 Å². The molecule has 4 rings (SSSR count). The Bertz CT molecular complexity index is 1270. The van der Waals surface area contributed by atoms with Crippen LogP contribution in [0, 0.1) is 27.4 Å². The number of nitrogens with zero attached hydrogens (tertiary/aromatic N) is 7. The Kier molecular flexibility index (Phi) is 6.90. The molecule has 0 saturated carbocycles. The van der Waals surface area contributed by atoms with Gasteiger partial charge in [0.05, 0.1) is 22.8 Å². The second kappa shape index (κ2) is 10.0. The van der Waals surface area contributed by atoms with Crippen molar-refractivity contribution in [3.8, 4) is 11.8 Å². The summed E-state index contributed by atoms with van der Waals surface area (Å²) in [6.45, 7) is 3.41. The van der Waals surface area contributed by atoms with Gasteiger partial charge in [0.25, 0.3) is 5.69 Å². The topological polar surface area (TPSA) is 151 Å². The van der Waals surface area contributed by atoms with Crippen LogP contribution in [0.2, 0.25) is 0 Å². The van der Waals surface area contributed by atoms with Crippen LogP contribution in [-0.2, 0) is 0 Å². The summed E-state index contributed by atoms with van der Waals surface area (Å²) < 4.78 is 6.62. The second-order valence-electron chi connectivity index (χ2n) is 8.52. The van der Waals surface area contributed by atoms with Gasteiger partial charge in [-0.05, 0) is 30.5 Å². The predicted molar refractivity (Wildman–Crippen MR) is 126 cm³/mol. The summed E-state index contributed by atoms with van der Waals surface area (Å²) in [5.74, 6) is 1.11. The fraction of sp³-hybridized carbons (Fsp3) is 0.391. The van der Waals surface area contributed by atoms with Crippen molar-refractivity contribution in [2.75, 3.05) is 25.0 Å². The van der Waals surface area contributed by atoms with Gasteiger partial charge in [0.2, 0.25) is 0 Å². The second-order valence-corrected chi connectivity index (χ2v) is 8.52. The van der Waals surface area contributed by atoms with Gasteiger partial charge in [-0.3, -0.25) is 15.0 Å². The largest absolute Gasteiger partial charge is 0.425 e. The number of hydrogen-bond donors (Lipinski definition) is 1. The molecule has 1 aliphatic heterocycles. The van der Waals surface area contributed by atoms with Crippen molar-refractivity contribution < 1.29 is 19.6 Å². The van der Waals surface area contributed by atoms with E-state index >= 15 is 0 Å². The summed E-state index contributed by atoms with van der Waals surface area (Å²) in [5, 5.41) is 30.7. The molecule has 1 aromatic carbocycles. The highest BCUT2D eigenvalue weighted by molar-refractivity contribution is 5.93. The van der Waals surface area contributed by atoms with Crippen molar-refractivity contribution in [3.05, 3.63) is 53.0 Å². The Balaban J connectivity index is 1.56. The van der Waals surface area contributed by atoms with Gasteiger partial charge in [-0.15, -0.1) is 0 Å². The molecule has 2 aromatic heterocycles. The number of nitro groups is 1. The highest BCUT2D eigenvalue weighted by Gasteiger charge is 2.33. The molecular formula is C23H25N7O5. The quantitative estimate of drug-likeness (QED) is 0.413. The number of rotatable bonds is 6. The molecule has 3 atom stereocenters. The smallest absolute Gasteiger partial charge is 0.410 e. The van der Waals surface area contributed by atoms with Gasteiger partial charge in [-0.2, -0.15) is 5.26 Å². The number of fused-ring (bicyclic) bond motifs is 1. The van der Waals surface area contributed by atoms with E-state index in [1.54, 1.807) is 6.07 Å². The average Bonchev–Trinajstić information content (AvgIpc) is 3.29. The molecule has 12 heteroatoms. The number of carbonyl (C=O) groups is 1. The maximum atomic E-state index is 12.8. The molecule has 0 aliphatic carbocycles. The first-order valence-electron chi connectivity index (χ1n) is 11.1. The summed E-state index contributed by atoms with van der Waals surface area (Å²) in [6, 6.07) is 8.98. The maximum Gasteiger partial charge on any atom is 0.425 e. The Labute approximate surface area is 201 Å². The molecule has 3 aromatic rings. The number of nitro benzene ring substituents is 1. The number of aliphatic hydroxyl groups excluding tert-OH is 1. The van der Waals surface area contributed by atoms with Crippen molar-refractivity contribution in [1.29, 1.82) is 5.26 Å². The van der Waals surface area contributed by atoms with Crippen LogP contribution < -0.4 is 9.64 Å². The predicted octanol–water partition coefficient (Wildman–Crippen LogP) is 2.77. The van der Waals surface area contributed by atoms with E-state index in [4.69, 9.17) is 10.00 Å². The van der Waals surface area contributed by atoms with E-state index in [0.717, 1.165) is 6.42 Å². The van der Waals surface area contributed by atoms with Gasteiger partial charge < -0.3 is 14.7 Å². The molecule has 1 saturated heterocycles. The lowest BCUT2D eigenvalue weighted by Crippen LogP contribution is -2.54. The number of benzene rings is 1. The van der Waals surface area contributed by atoms with Crippen LogP contribution in [0.25, 0.3) is 11.0 Å². The maximum absolute atomic E-state index is 12.8. The zero-order valence-corrected chi connectivity index (χ0v) is 19.3. The van der Waals surface area contributed by atoms with Crippen molar-refractivity contribution in [2.24, 2.45) is 5.92 Å². The third kappa shape index (κ3) is 4.91. The van der Waals surface area contributed by atoms with E-state index in [0.29, 0.717) is 35.9 Å². The minimum atomic E-state index is -0.816. The number of likely N-dealkylation sites (tertiary alicyclic amines) is 1. The minimum absolute atomic E-state index is 0.0191. The van der Waals surface area contributed by atoms with E-state index in [1.165, 1.54) is 41.4 Å². The molecule has 12 nitrogen and oxygen atoms in total. The van der Waals surface area contributed by atoms with Crippen LogP contribution in [0.4, 0.5) is 16.3 Å². The monoisotopic (exact) mass is 479 g/mol. The first kappa shape index (κ1) is 24.1. The molecule has 0 spiro atoms. The fourth-order valence-electron chi connectivity index (χ4n) is 4.37. The highest BCUT2D eigenvalue weighted by Crippen LogP contribution is 2.30. The molecule has 182 valence electrons. The normalized spacial score (nSPS) is 19.1. The van der Waals surface area contributed by atoms with Gasteiger partial charge >= 0.3 is 6.09 Å². The van der Waals surface area contributed by atoms with Gasteiger partial charge in [0.1, 0.15) is 24.1 Å². The van der Waals surface area contributed by atoms with Crippen LogP contribution in [-0.4, -0.2) is 68.0 Å². The Hall–Kier alpha value is -4.08. The van der Waals surface area contributed by atoms with Crippen LogP contribution in [0.1, 0.15) is 19.8 Å². The molecular weight excluding hydrogens is 454 g/mol. The number of non-ortho nitro benzene ring substituents is 1. The Morgan fingerprint density at radius 1 is 1.37 bits per heavy atom. The number of likely N-dealkylation sites (N-methyl/N-ethyl adjacent to an activating group) is 1. The van der Waals surface area contributed by atoms with Crippen molar-refractivity contribution >= 4 is 28.6 Å². The minimum Gasteiger partial charge on any atom is -0.410 e. The number of aromatic nitrogens is 3. The highest BCUT2D eigenvalue weighted by atomic mass is 16.6. The van der Waals surface area contributed by atoms with Crippen molar-refractivity contribution in [3.63, 3.8) is 0 Å². The van der Waals surface area contributed by atoms with Crippen LogP contribution in [0.15, 0.2) is 42.9 Å². The fourth-order valence-corrected chi connectivity index (χ4v) is 4.37. The van der Waals surface area contributed by atoms with Gasteiger partial charge in [0, 0.05) is 44.5 Å². The number of aliphatic hydroxyl groups is 1. The van der Waals surface area contributed by atoms with Gasteiger partial charge in [-0.25, -0.2) is 19.3 Å². The standard InChI is InChI=1S/C23H25N7O5/c1-15-8-11-28(20(31)7-10-24)13-19(15)27(2)21-18-9-12-29(22(18)26-14-25-21)23(32)35-17-5-3-16(4-6-17)30(33)34/h3-6,9,12,14-15,19-20,31H,7-8,11,13H2,1-2H3/t15-,19+,20?/m1/s1. The molecule has 0 bridgehead atoms. The number of nitriles is 1. The summed E-state index contributed by atoms with van der Waals surface area (Å²) in [7, 11) is 1.91. The SMILES string of the molecule is C[C@@H]1CCN(C(O)CC#N)C[C@@H]1N(C)c1ncnc2c1ccn2C(=O)Oc1ccc([N+](=O)[O-])cc1. The summed E-state index contributed by atoms with van der Waals surface area (Å²) in [5.41, 5.74) is 0.255. The third-order valence-electron chi connectivity index (χ3n) is 6.39. The number of carbonyl (C=O) groups excluding carboxylic acids is 1. The molecule has 0 amide bonds. The van der Waals surface area contributed by atoms with Crippen molar-refractivity contribution in [1.82, 2.24) is 19.4 Å². The Morgan fingerprint density at radius 2 is 2.11 bits per heavy atom. The lowest BCUT2D eigenvalue weighted by molar-refractivity contribution is -0.384. The summed E-state index contributed by atoms with van der Waals surface area (Å²) in [4.78, 5) is 35.7. The molecule has 1 aliphatic rings. The zero-order valence-electron chi connectivity index (χ0n) is 19.3. The lowest BCUT2D eigenvalue weighted by Gasteiger charge is -2.43. The van der Waals surface area contributed by atoms with E-state index in [-0.39, 0.29) is 23.9 Å². The van der Waals surface area contributed by atoms with Crippen LogP contribution >= 0.6 is 0 Å². The van der Waals surface area contributed by atoms with E-state index < -0.39 is 17.2 Å². The lowest BCUT2D eigenvalue weighted by atomic mass is 9.92. The zero-order chi connectivity index (χ0) is 25.1. The third-order valence-corrected chi connectivity index (χ3v) is 6.39. The molecule has 35 heavy (non-hydrogen) atoms. The summed E-state index contributed by atoms with van der Waals surface area (Å²) >= 11 is 0. The molecule has 1 N–H and O–H groups in total. The summed E-state index contributed by atoms with van der Waals surface area (Å²) in [6.07, 6.45) is 2.29. The van der Waals surface area contributed by atoms with Gasteiger partial charge in [-0.1, -0.05) is 6.92 Å². The molecule has 0 radical (unpaired) electrons.